The number of rotatable bonds is 5. The lowest BCUT2D eigenvalue weighted by Crippen LogP contribution is -2.54. The van der Waals surface area contributed by atoms with E-state index in [4.69, 9.17) is 4.74 Å². The smallest absolute Gasteiger partial charge is 0.266 e. The zero-order valence-electron chi connectivity index (χ0n) is 13.1. The maximum atomic E-state index is 12.7. The van der Waals surface area contributed by atoms with E-state index < -0.39 is 29.7 Å². The highest BCUT2D eigenvalue weighted by atomic mass is 16.5. The van der Waals surface area contributed by atoms with Crippen LogP contribution in [0.25, 0.3) is 0 Å². The summed E-state index contributed by atoms with van der Waals surface area (Å²) < 4.78 is 5.57. The van der Waals surface area contributed by atoms with Gasteiger partial charge in [-0.2, -0.15) is 0 Å². The second-order valence-electron chi connectivity index (χ2n) is 5.58. The van der Waals surface area contributed by atoms with Crippen molar-refractivity contribution in [2.24, 2.45) is 0 Å². The van der Waals surface area contributed by atoms with E-state index in [1.807, 2.05) is 0 Å². The average molecular weight is 331 g/mol. The molecule has 0 saturated carbocycles. The predicted molar refractivity (Wildman–Crippen MR) is 82.5 cm³/mol. The van der Waals surface area contributed by atoms with Crippen molar-refractivity contribution in [2.45, 2.75) is 18.9 Å². The summed E-state index contributed by atoms with van der Waals surface area (Å²) in [5.74, 6) is -1.81. The van der Waals surface area contributed by atoms with Crippen molar-refractivity contribution in [3.05, 3.63) is 29.3 Å². The minimum Gasteiger partial charge on any atom is -0.491 e. The topological polar surface area (TPSA) is 105 Å². The van der Waals surface area contributed by atoms with E-state index >= 15 is 0 Å². The van der Waals surface area contributed by atoms with Crippen molar-refractivity contribution >= 4 is 23.6 Å². The molecule has 0 aliphatic carbocycles. The summed E-state index contributed by atoms with van der Waals surface area (Å²) in [4.78, 5) is 49.5. The van der Waals surface area contributed by atoms with Gasteiger partial charge >= 0.3 is 0 Å². The summed E-state index contributed by atoms with van der Waals surface area (Å²) in [7, 11) is 1.78. The van der Waals surface area contributed by atoms with Crippen LogP contribution in [-0.4, -0.2) is 54.8 Å². The van der Waals surface area contributed by atoms with Crippen LogP contribution in [0.3, 0.4) is 0 Å². The highest BCUT2D eigenvalue weighted by Gasteiger charge is 2.45. The fraction of sp³-hybridized carbons (Fsp3) is 0.375. The Kier molecular flexibility index (Phi) is 4.30. The van der Waals surface area contributed by atoms with Crippen LogP contribution in [0.5, 0.6) is 5.75 Å². The van der Waals surface area contributed by atoms with Crippen molar-refractivity contribution in [3.8, 4) is 5.75 Å². The van der Waals surface area contributed by atoms with Gasteiger partial charge in [-0.25, -0.2) is 0 Å². The molecule has 2 N–H and O–H groups in total. The molecule has 1 aromatic carbocycles. The third-order valence-electron chi connectivity index (χ3n) is 4.04. The van der Waals surface area contributed by atoms with Crippen LogP contribution in [0, 0.1) is 0 Å². The molecule has 0 spiro atoms. The number of ether oxygens (including phenoxy) is 1. The number of benzene rings is 1. The van der Waals surface area contributed by atoms with E-state index in [9.17, 15) is 19.2 Å². The Balaban J connectivity index is 1.89. The number of carbonyl (C=O) groups is 4. The summed E-state index contributed by atoms with van der Waals surface area (Å²) in [6.45, 7) is 0.926. The standard InChI is InChI=1S/C16H17N3O5/c1-17-7-8-24-11-4-2-3-9-13(11)16(23)19(15(9)22)10-5-6-12(20)18-14(10)21/h2-4,10,17H,5-8H2,1H3,(H,18,20,21). The van der Waals surface area contributed by atoms with Crippen LogP contribution in [0.4, 0.5) is 0 Å². The van der Waals surface area contributed by atoms with Crippen molar-refractivity contribution in [2.75, 3.05) is 20.2 Å². The number of hydrogen-bond donors (Lipinski definition) is 2. The van der Waals surface area contributed by atoms with E-state index in [1.165, 1.54) is 6.07 Å². The van der Waals surface area contributed by atoms with Crippen LogP contribution in [0.2, 0.25) is 0 Å². The number of imide groups is 2. The van der Waals surface area contributed by atoms with Gasteiger partial charge in [-0.1, -0.05) is 6.07 Å². The molecular formula is C16H17N3O5. The summed E-state index contributed by atoms with van der Waals surface area (Å²) in [5.41, 5.74) is 0.384. The monoisotopic (exact) mass is 331 g/mol. The lowest BCUT2D eigenvalue weighted by molar-refractivity contribution is -0.136. The number of likely N-dealkylation sites (N-methyl/N-ethyl adjacent to an activating group) is 1. The SMILES string of the molecule is CNCCOc1cccc2c1C(=O)N(C1CCC(=O)NC1=O)C2=O. The van der Waals surface area contributed by atoms with Gasteiger partial charge in [0.25, 0.3) is 11.8 Å². The molecule has 1 saturated heterocycles. The first-order valence-corrected chi connectivity index (χ1v) is 7.66. The Hall–Kier alpha value is -2.74. The molecule has 0 aromatic heterocycles. The van der Waals surface area contributed by atoms with Gasteiger partial charge in [-0.05, 0) is 25.6 Å². The fourth-order valence-corrected chi connectivity index (χ4v) is 2.87. The second kappa shape index (κ2) is 6.40. The Morgan fingerprint density at radius 3 is 2.75 bits per heavy atom. The van der Waals surface area contributed by atoms with Gasteiger partial charge in [-0.3, -0.25) is 29.4 Å². The molecule has 3 rings (SSSR count). The number of hydrogen-bond acceptors (Lipinski definition) is 6. The highest BCUT2D eigenvalue weighted by molar-refractivity contribution is 6.24. The molecule has 0 bridgehead atoms. The van der Waals surface area contributed by atoms with Crippen LogP contribution in [-0.2, 0) is 9.59 Å². The molecule has 2 aliphatic rings. The van der Waals surface area contributed by atoms with Crippen molar-refractivity contribution in [1.29, 1.82) is 0 Å². The molecule has 8 heteroatoms. The molecule has 1 aromatic rings. The largest absolute Gasteiger partial charge is 0.491 e. The Bertz CT molecular complexity index is 730. The first kappa shape index (κ1) is 16.1. The van der Waals surface area contributed by atoms with Gasteiger partial charge in [0.1, 0.15) is 18.4 Å². The molecule has 8 nitrogen and oxygen atoms in total. The minimum atomic E-state index is -0.972. The van der Waals surface area contributed by atoms with E-state index in [-0.39, 0.29) is 24.0 Å². The van der Waals surface area contributed by atoms with Gasteiger partial charge in [0.15, 0.2) is 0 Å². The Labute approximate surface area is 138 Å². The number of nitrogens with zero attached hydrogens (tertiary/aromatic N) is 1. The molecule has 1 fully saturated rings. The van der Waals surface area contributed by atoms with E-state index in [0.29, 0.717) is 18.9 Å². The zero-order valence-corrected chi connectivity index (χ0v) is 13.1. The van der Waals surface area contributed by atoms with Crippen molar-refractivity contribution < 1.29 is 23.9 Å². The lowest BCUT2D eigenvalue weighted by atomic mass is 10.0. The molecular weight excluding hydrogens is 314 g/mol. The predicted octanol–water partition coefficient (Wildman–Crippen LogP) is -0.314. The normalized spacial score (nSPS) is 20.2. The highest BCUT2D eigenvalue weighted by Crippen LogP contribution is 2.33. The van der Waals surface area contributed by atoms with Crippen LogP contribution in [0.1, 0.15) is 33.6 Å². The summed E-state index contributed by atoms with van der Waals surface area (Å²) in [5, 5.41) is 5.09. The lowest BCUT2D eigenvalue weighted by Gasteiger charge is -2.27. The first-order valence-electron chi connectivity index (χ1n) is 7.66. The number of carbonyl (C=O) groups excluding carboxylic acids is 4. The molecule has 2 aliphatic heterocycles. The Morgan fingerprint density at radius 1 is 1.25 bits per heavy atom. The Morgan fingerprint density at radius 2 is 2.04 bits per heavy atom. The summed E-state index contributed by atoms with van der Waals surface area (Å²) in [6.07, 6.45) is 0.224. The summed E-state index contributed by atoms with van der Waals surface area (Å²) in [6, 6.07) is 3.81. The van der Waals surface area contributed by atoms with E-state index in [1.54, 1.807) is 19.2 Å². The van der Waals surface area contributed by atoms with E-state index in [0.717, 1.165) is 4.90 Å². The van der Waals surface area contributed by atoms with Gasteiger partial charge < -0.3 is 10.1 Å². The number of amides is 4. The number of fused-ring (bicyclic) bond motifs is 1. The third-order valence-corrected chi connectivity index (χ3v) is 4.04. The van der Waals surface area contributed by atoms with E-state index in [2.05, 4.69) is 10.6 Å². The van der Waals surface area contributed by atoms with Crippen LogP contribution >= 0.6 is 0 Å². The molecule has 126 valence electrons. The number of nitrogens with one attached hydrogen (secondary N) is 2. The molecule has 1 unspecified atom stereocenters. The van der Waals surface area contributed by atoms with Crippen molar-refractivity contribution in [1.82, 2.24) is 15.5 Å². The third kappa shape index (κ3) is 2.65. The fourth-order valence-electron chi connectivity index (χ4n) is 2.87. The zero-order chi connectivity index (χ0) is 17.3. The molecule has 24 heavy (non-hydrogen) atoms. The van der Waals surface area contributed by atoms with Gasteiger partial charge in [0.2, 0.25) is 11.8 Å². The molecule has 2 heterocycles. The quantitative estimate of drug-likeness (QED) is 0.566. The molecule has 4 amide bonds. The summed E-state index contributed by atoms with van der Waals surface area (Å²) >= 11 is 0. The molecule has 1 atom stereocenters. The second-order valence-corrected chi connectivity index (χ2v) is 5.58. The maximum absolute atomic E-state index is 12.7. The average Bonchev–Trinajstić information content (AvgIpc) is 2.81. The number of piperidine rings is 1. The van der Waals surface area contributed by atoms with Crippen LogP contribution < -0.4 is 15.4 Å². The molecule has 0 radical (unpaired) electrons. The van der Waals surface area contributed by atoms with Gasteiger partial charge in [0, 0.05) is 13.0 Å². The van der Waals surface area contributed by atoms with Crippen molar-refractivity contribution in [3.63, 3.8) is 0 Å². The van der Waals surface area contributed by atoms with Crippen LogP contribution in [0.15, 0.2) is 18.2 Å². The van der Waals surface area contributed by atoms with Gasteiger partial charge in [-0.15, -0.1) is 0 Å². The first-order chi connectivity index (χ1) is 11.5. The minimum absolute atomic E-state index is 0.0926. The van der Waals surface area contributed by atoms with Gasteiger partial charge in [0.05, 0.1) is 11.1 Å². The maximum Gasteiger partial charge on any atom is 0.266 e.